The summed E-state index contributed by atoms with van der Waals surface area (Å²) in [5, 5.41) is 0. The van der Waals surface area contributed by atoms with Gasteiger partial charge in [-0.1, -0.05) is 69.3 Å². The zero-order valence-corrected chi connectivity index (χ0v) is 21.8. The lowest BCUT2D eigenvalue weighted by atomic mass is 9.87. The zero-order chi connectivity index (χ0) is 25.2. The second-order valence-electron chi connectivity index (χ2n) is 10.3. The Morgan fingerprint density at radius 3 is 2.09 bits per heavy atom. The van der Waals surface area contributed by atoms with Gasteiger partial charge in [-0.25, -0.2) is 8.42 Å². The first-order valence-corrected chi connectivity index (χ1v) is 13.7. The van der Waals surface area contributed by atoms with Gasteiger partial charge in [0.2, 0.25) is 0 Å². The van der Waals surface area contributed by atoms with E-state index in [1.165, 1.54) is 0 Å². The Labute approximate surface area is 209 Å². The van der Waals surface area contributed by atoms with Crippen molar-refractivity contribution in [2.24, 2.45) is 0 Å². The Balaban J connectivity index is 1.48. The number of para-hydroxylation sites is 1. The van der Waals surface area contributed by atoms with Crippen molar-refractivity contribution in [1.29, 1.82) is 0 Å². The van der Waals surface area contributed by atoms with E-state index in [0.29, 0.717) is 18.7 Å². The minimum atomic E-state index is -3.59. The normalized spacial score (nSPS) is 14.7. The molecule has 1 amide bonds. The predicted octanol–water partition coefficient (Wildman–Crippen LogP) is 5.23. The number of rotatable bonds is 5. The van der Waals surface area contributed by atoms with E-state index in [0.717, 1.165) is 35.5 Å². The maximum Gasteiger partial charge on any atom is 0.254 e. The van der Waals surface area contributed by atoms with E-state index in [9.17, 15) is 13.2 Å². The van der Waals surface area contributed by atoms with Crippen LogP contribution in [0.3, 0.4) is 0 Å². The molecule has 1 aliphatic heterocycles. The highest BCUT2D eigenvalue weighted by atomic mass is 32.2. The van der Waals surface area contributed by atoms with Gasteiger partial charge in [0.25, 0.3) is 5.91 Å². The molecule has 0 saturated carbocycles. The molecule has 184 valence electrons. The molecule has 5 nitrogen and oxygen atoms in total. The van der Waals surface area contributed by atoms with Crippen molar-refractivity contribution >= 4 is 21.4 Å². The lowest BCUT2D eigenvalue weighted by Gasteiger charge is -2.36. The third-order valence-electron chi connectivity index (χ3n) is 6.66. The van der Waals surface area contributed by atoms with Crippen molar-refractivity contribution in [3.05, 3.63) is 95.1 Å². The molecule has 1 saturated heterocycles. The molecule has 0 radical (unpaired) electrons. The van der Waals surface area contributed by atoms with Crippen molar-refractivity contribution in [2.45, 2.75) is 43.8 Å². The number of sulfone groups is 1. The van der Waals surface area contributed by atoms with Crippen LogP contribution in [0.5, 0.6) is 0 Å². The average molecular weight is 491 g/mol. The highest BCUT2D eigenvalue weighted by Crippen LogP contribution is 2.25. The number of hydrogen-bond acceptors (Lipinski definition) is 4. The molecule has 0 aliphatic carbocycles. The van der Waals surface area contributed by atoms with E-state index in [2.05, 4.69) is 37.8 Å². The smallest absolute Gasteiger partial charge is 0.254 e. The monoisotopic (exact) mass is 490 g/mol. The first-order chi connectivity index (χ1) is 16.5. The van der Waals surface area contributed by atoms with E-state index in [1.807, 2.05) is 54.3 Å². The summed E-state index contributed by atoms with van der Waals surface area (Å²) in [4.78, 5) is 17.6. The molecule has 3 aromatic rings. The average Bonchev–Trinajstić information content (AvgIpc) is 2.84. The van der Waals surface area contributed by atoms with Crippen LogP contribution >= 0.6 is 0 Å². The summed E-state index contributed by atoms with van der Waals surface area (Å²) < 4.78 is 26.4. The van der Waals surface area contributed by atoms with E-state index < -0.39 is 9.84 Å². The topological polar surface area (TPSA) is 57.7 Å². The van der Waals surface area contributed by atoms with Crippen molar-refractivity contribution in [3.8, 4) is 0 Å². The highest BCUT2D eigenvalue weighted by molar-refractivity contribution is 7.90. The molecule has 1 aliphatic rings. The first-order valence-electron chi connectivity index (χ1n) is 12.1. The van der Waals surface area contributed by atoms with Gasteiger partial charge in [-0.15, -0.1) is 0 Å². The van der Waals surface area contributed by atoms with Gasteiger partial charge in [-0.3, -0.25) is 4.79 Å². The van der Waals surface area contributed by atoms with Gasteiger partial charge < -0.3 is 9.80 Å². The van der Waals surface area contributed by atoms with Crippen molar-refractivity contribution in [1.82, 2.24) is 4.90 Å². The van der Waals surface area contributed by atoms with Crippen LogP contribution < -0.4 is 4.90 Å². The summed E-state index contributed by atoms with van der Waals surface area (Å²) in [7, 11) is -3.59. The number of carbonyl (C=O) groups is 1. The van der Waals surface area contributed by atoms with E-state index >= 15 is 0 Å². The van der Waals surface area contributed by atoms with Gasteiger partial charge in [0.1, 0.15) is 0 Å². The Hall–Kier alpha value is -3.12. The quantitative estimate of drug-likeness (QED) is 0.492. The van der Waals surface area contributed by atoms with Gasteiger partial charge in [-0.2, -0.15) is 0 Å². The van der Waals surface area contributed by atoms with Crippen molar-refractivity contribution in [3.63, 3.8) is 0 Å². The second kappa shape index (κ2) is 9.86. The van der Waals surface area contributed by atoms with E-state index in [4.69, 9.17) is 0 Å². The van der Waals surface area contributed by atoms with Gasteiger partial charge in [0, 0.05) is 37.4 Å². The third-order valence-corrected chi connectivity index (χ3v) is 8.35. The zero-order valence-electron chi connectivity index (χ0n) is 21.0. The molecule has 0 aromatic heterocycles. The first kappa shape index (κ1) is 25.0. The number of piperazine rings is 1. The fourth-order valence-electron chi connectivity index (χ4n) is 4.41. The van der Waals surface area contributed by atoms with Crippen LogP contribution in [-0.2, 0) is 21.0 Å². The number of hydrogen-bond donors (Lipinski definition) is 0. The molecular weight excluding hydrogens is 456 g/mol. The highest BCUT2D eigenvalue weighted by Gasteiger charge is 2.25. The predicted molar refractivity (Wildman–Crippen MR) is 142 cm³/mol. The van der Waals surface area contributed by atoms with Crippen LogP contribution in [0.2, 0.25) is 0 Å². The molecule has 0 atom stereocenters. The maximum atomic E-state index is 13.3. The lowest BCUT2D eigenvalue weighted by Crippen LogP contribution is -2.49. The number of aryl methyl sites for hydroxylation is 1. The van der Waals surface area contributed by atoms with Crippen LogP contribution in [0.4, 0.5) is 5.69 Å². The van der Waals surface area contributed by atoms with Crippen molar-refractivity contribution < 1.29 is 13.2 Å². The van der Waals surface area contributed by atoms with E-state index in [-0.39, 0.29) is 22.0 Å². The summed E-state index contributed by atoms with van der Waals surface area (Å²) in [6, 6.07) is 22.8. The molecule has 6 heteroatoms. The minimum Gasteiger partial charge on any atom is -0.368 e. The standard InChI is InChI=1S/C29H34N2O3S/c1-22-10-15-26(35(33,34)21-23-11-13-24(14-12-23)29(2,3)4)20-27(22)28(32)31-18-16-30(17-19-31)25-8-6-5-7-9-25/h5-15,20H,16-19,21H2,1-4H3. The molecule has 0 spiro atoms. The van der Waals surface area contributed by atoms with Crippen LogP contribution in [0.1, 0.15) is 47.8 Å². The number of carbonyl (C=O) groups excluding carboxylic acids is 1. The SMILES string of the molecule is Cc1ccc(S(=O)(=O)Cc2ccc(C(C)(C)C)cc2)cc1C(=O)N1CCN(c2ccccc2)CC1. The largest absolute Gasteiger partial charge is 0.368 e. The van der Waals surface area contributed by atoms with Crippen LogP contribution in [0.15, 0.2) is 77.7 Å². The second-order valence-corrected chi connectivity index (χ2v) is 12.3. The summed E-state index contributed by atoms with van der Waals surface area (Å²) in [5.41, 5.74) is 4.31. The maximum absolute atomic E-state index is 13.3. The number of nitrogens with zero attached hydrogens (tertiary/aromatic N) is 2. The van der Waals surface area contributed by atoms with Crippen LogP contribution in [-0.4, -0.2) is 45.4 Å². The summed E-state index contributed by atoms with van der Waals surface area (Å²) >= 11 is 0. The van der Waals surface area contributed by atoms with Gasteiger partial charge in [0.15, 0.2) is 9.84 Å². The fraction of sp³-hybridized carbons (Fsp3) is 0.345. The van der Waals surface area contributed by atoms with E-state index in [1.54, 1.807) is 18.2 Å². The van der Waals surface area contributed by atoms with Gasteiger partial charge in [0.05, 0.1) is 10.6 Å². The van der Waals surface area contributed by atoms with Crippen LogP contribution in [0.25, 0.3) is 0 Å². The lowest BCUT2D eigenvalue weighted by molar-refractivity contribution is 0.0746. The number of benzene rings is 3. The fourth-order valence-corrected chi connectivity index (χ4v) is 5.78. The molecule has 1 heterocycles. The molecule has 4 rings (SSSR count). The van der Waals surface area contributed by atoms with Gasteiger partial charge >= 0.3 is 0 Å². The molecule has 0 unspecified atom stereocenters. The number of amides is 1. The number of anilines is 1. The Kier molecular flexibility index (Phi) is 7.04. The van der Waals surface area contributed by atoms with Gasteiger partial charge in [-0.05, 0) is 53.3 Å². The Morgan fingerprint density at radius 1 is 0.857 bits per heavy atom. The molecule has 0 bridgehead atoms. The summed E-state index contributed by atoms with van der Waals surface area (Å²) in [5.74, 6) is -0.203. The Bertz CT molecular complexity index is 1290. The molecule has 3 aromatic carbocycles. The third kappa shape index (κ3) is 5.76. The molecule has 35 heavy (non-hydrogen) atoms. The van der Waals surface area contributed by atoms with Crippen LogP contribution in [0, 0.1) is 6.92 Å². The Morgan fingerprint density at radius 2 is 1.49 bits per heavy atom. The summed E-state index contributed by atoms with van der Waals surface area (Å²) in [6.45, 7) is 10.9. The molecular formula is C29H34N2O3S. The molecule has 0 N–H and O–H groups in total. The molecule has 1 fully saturated rings. The van der Waals surface area contributed by atoms with Crippen molar-refractivity contribution in [2.75, 3.05) is 31.1 Å². The summed E-state index contributed by atoms with van der Waals surface area (Å²) in [6.07, 6.45) is 0. The minimum absolute atomic E-state index is 0.0101.